The van der Waals surface area contributed by atoms with Crippen LogP contribution in [0.5, 0.6) is 11.5 Å². The van der Waals surface area contributed by atoms with Gasteiger partial charge in [-0.05, 0) is 68.9 Å². The molecule has 0 bridgehead atoms. The fourth-order valence-corrected chi connectivity index (χ4v) is 4.18. The van der Waals surface area contributed by atoms with Crippen LogP contribution in [0.3, 0.4) is 0 Å². The number of allylic oxidation sites excluding steroid dienone is 2. The van der Waals surface area contributed by atoms with Crippen LogP contribution in [-0.4, -0.2) is 23.2 Å². The summed E-state index contributed by atoms with van der Waals surface area (Å²) in [6.45, 7) is 8.84. The summed E-state index contributed by atoms with van der Waals surface area (Å²) >= 11 is 6.22. The van der Waals surface area contributed by atoms with Gasteiger partial charge in [-0.2, -0.15) is 0 Å². The van der Waals surface area contributed by atoms with Gasteiger partial charge >= 0.3 is 0 Å². The predicted molar refractivity (Wildman–Crippen MR) is 147 cm³/mol. The van der Waals surface area contributed by atoms with Crippen molar-refractivity contribution < 1.29 is 9.47 Å². The largest absolute Gasteiger partial charge is 0.493 e. The zero-order chi connectivity index (χ0) is 24.5. The van der Waals surface area contributed by atoms with E-state index in [9.17, 15) is 0 Å². The molecule has 0 unspecified atom stereocenters. The smallest absolute Gasteiger partial charge is 0.132 e. The summed E-state index contributed by atoms with van der Waals surface area (Å²) in [7, 11) is 0. The van der Waals surface area contributed by atoms with E-state index in [0.29, 0.717) is 18.4 Å². The van der Waals surface area contributed by atoms with Gasteiger partial charge in [-0.1, -0.05) is 48.0 Å². The molecule has 0 aliphatic carbocycles. The van der Waals surface area contributed by atoms with Crippen molar-refractivity contribution in [1.29, 1.82) is 0 Å². The molecule has 4 nitrogen and oxygen atoms in total. The number of rotatable bonds is 13. The van der Waals surface area contributed by atoms with Crippen molar-refractivity contribution in [3.63, 3.8) is 0 Å². The van der Waals surface area contributed by atoms with Crippen LogP contribution in [0.1, 0.15) is 38.5 Å². The summed E-state index contributed by atoms with van der Waals surface area (Å²) in [5.41, 5.74) is 3.24. The van der Waals surface area contributed by atoms with E-state index in [4.69, 9.17) is 26.1 Å². The first-order valence-corrected chi connectivity index (χ1v) is 12.6. The lowest BCUT2D eigenvalue weighted by atomic mass is 10.1. The molecule has 35 heavy (non-hydrogen) atoms. The average molecular weight is 487 g/mol. The van der Waals surface area contributed by atoms with Gasteiger partial charge in [0.05, 0.1) is 35.5 Å². The first-order valence-electron chi connectivity index (χ1n) is 12.2. The maximum Gasteiger partial charge on any atom is 0.132 e. The van der Waals surface area contributed by atoms with Crippen LogP contribution in [0.2, 0.25) is 5.15 Å². The fraction of sp³-hybridized carbons (Fsp3) is 0.267. The highest BCUT2D eigenvalue weighted by molar-refractivity contribution is 6.30. The van der Waals surface area contributed by atoms with Gasteiger partial charge in [-0.25, -0.2) is 9.97 Å². The second-order valence-electron chi connectivity index (χ2n) is 8.43. The van der Waals surface area contributed by atoms with Crippen LogP contribution >= 0.6 is 11.6 Å². The molecular formula is C30H31ClN2O2. The number of nitrogens with zero attached hydrogens (tertiary/aromatic N) is 2. The van der Waals surface area contributed by atoms with Gasteiger partial charge in [0, 0.05) is 10.8 Å². The van der Waals surface area contributed by atoms with Gasteiger partial charge < -0.3 is 9.47 Å². The topological polar surface area (TPSA) is 44.2 Å². The highest BCUT2D eigenvalue weighted by Gasteiger charge is 2.16. The summed E-state index contributed by atoms with van der Waals surface area (Å²) in [5, 5.41) is 2.45. The molecule has 0 amide bonds. The van der Waals surface area contributed by atoms with E-state index in [-0.39, 0.29) is 0 Å². The van der Waals surface area contributed by atoms with E-state index in [0.717, 1.165) is 83.1 Å². The van der Waals surface area contributed by atoms with Gasteiger partial charge in [0.2, 0.25) is 0 Å². The summed E-state index contributed by atoms with van der Waals surface area (Å²) < 4.78 is 12.5. The second kappa shape index (κ2) is 12.4. The average Bonchev–Trinajstić information content (AvgIpc) is 2.88. The molecule has 0 spiro atoms. The lowest BCUT2D eigenvalue weighted by Gasteiger charge is -2.17. The fourth-order valence-electron chi connectivity index (χ4n) is 4.03. The van der Waals surface area contributed by atoms with Crippen molar-refractivity contribution in [3.05, 3.63) is 85.1 Å². The van der Waals surface area contributed by atoms with Gasteiger partial charge in [0.25, 0.3) is 0 Å². The van der Waals surface area contributed by atoms with Crippen LogP contribution in [0.15, 0.2) is 79.9 Å². The standard InChI is InChI=1S/C30H31ClN2O2/c1-3-5-7-9-20-34-25-12-11-13-26(35-21-10-8-6-4-2)28(25)24-18-16-22-14-15-23-17-19-27(31)33-30(23)29(22)32-24/h3-4,11-19H,1-2,5-10,20-21H2. The molecule has 5 heteroatoms. The molecule has 4 rings (SSSR count). The normalized spacial score (nSPS) is 11.0. The number of unbranched alkanes of at least 4 members (excludes halogenated alkanes) is 4. The molecule has 2 aromatic carbocycles. The van der Waals surface area contributed by atoms with E-state index in [1.54, 1.807) is 6.07 Å². The SMILES string of the molecule is C=CCCCCOc1cccc(OCCCCC=C)c1-c1ccc2ccc3ccc(Cl)nc3c2n1. The third kappa shape index (κ3) is 6.20. The van der Waals surface area contributed by atoms with Crippen molar-refractivity contribution in [3.8, 4) is 22.8 Å². The van der Waals surface area contributed by atoms with Crippen LogP contribution in [-0.2, 0) is 0 Å². The van der Waals surface area contributed by atoms with Gasteiger partial charge in [-0.3, -0.25) is 0 Å². The van der Waals surface area contributed by atoms with E-state index in [1.807, 2.05) is 48.6 Å². The number of benzene rings is 2. The first kappa shape index (κ1) is 24.7. The summed E-state index contributed by atoms with van der Waals surface area (Å²) in [6.07, 6.45) is 9.85. The van der Waals surface area contributed by atoms with Crippen molar-refractivity contribution in [2.45, 2.75) is 38.5 Å². The molecule has 0 fully saturated rings. The van der Waals surface area contributed by atoms with Crippen LogP contribution < -0.4 is 9.47 Å². The predicted octanol–water partition coefficient (Wildman–Crippen LogP) is 8.57. The van der Waals surface area contributed by atoms with Crippen LogP contribution in [0.25, 0.3) is 33.1 Å². The Morgan fingerprint density at radius 2 is 1.23 bits per heavy atom. The maximum absolute atomic E-state index is 6.24. The maximum atomic E-state index is 6.24. The Labute approximate surface area is 212 Å². The minimum Gasteiger partial charge on any atom is -0.493 e. The third-order valence-corrected chi connectivity index (χ3v) is 6.06. The summed E-state index contributed by atoms with van der Waals surface area (Å²) in [4.78, 5) is 9.61. The molecule has 2 aromatic heterocycles. The molecule has 180 valence electrons. The van der Waals surface area contributed by atoms with Crippen molar-refractivity contribution in [2.75, 3.05) is 13.2 Å². The molecule has 0 radical (unpaired) electrons. The number of hydrogen-bond donors (Lipinski definition) is 0. The van der Waals surface area contributed by atoms with Gasteiger partial charge in [0.1, 0.15) is 16.7 Å². The molecule has 0 aliphatic heterocycles. The second-order valence-corrected chi connectivity index (χ2v) is 8.82. The summed E-state index contributed by atoms with van der Waals surface area (Å²) in [6, 6.07) is 17.9. The highest BCUT2D eigenvalue weighted by Crippen LogP contribution is 2.39. The van der Waals surface area contributed by atoms with Crippen molar-refractivity contribution >= 4 is 33.4 Å². The Morgan fingerprint density at radius 1 is 0.686 bits per heavy atom. The molecule has 0 saturated heterocycles. The van der Waals surface area contributed by atoms with Gasteiger partial charge in [0.15, 0.2) is 0 Å². The van der Waals surface area contributed by atoms with E-state index in [1.165, 1.54) is 0 Å². The number of pyridine rings is 2. The molecule has 0 N–H and O–H groups in total. The highest BCUT2D eigenvalue weighted by atomic mass is 35.5. The number of ether oxygens (including phenoxy) is 2. The number of halogens is 1. The quantitative estimate of drug-likeness (QED) is 0.0821. The third-order valence-electron chi connectivity index (χ3n) is 5.85. The first-order chi connectivity index (χ1) is 17.2. The van der Waals surface area contributed by atoms with Crippen molar-refractivity contribution in [2.24, 2.45) is 0 Å². The van der Waals surface area contributed by atoms with Gasteiger partial charge in [-0.15, -0.1) is 13.2 Å². The van der Waals surface area contributed by atoms with Crippen LogP contribution in [0, 0.1) is 0 Å². The Balaban J connectivity index is 1.73. The number of aromatic nitrogens is 2. The minimum atomic E-state index is 0.448. The Morgan fingerprint density at radius 3 is 1.83 bits per heavy atom. The molecular weight excluding hydrogens is 456 g/mol. The van der Waals surface area contributed by atoms with Crippen LogP contribution in [0.4, 0.5) is 0 Å². The molecule has 0 saturated carbocycles. The van der Waals surface area contributed by atoms with E-state index in [2.05, 4.69) is 30.3 Å². The Bertz CT molecular complexity index is 1280. The molecule has 0 atom stereocenters. The molecule has 4 aromatic rings. The van der Waals surface area contributed by atoms with E-state index >= 15 is 0 Å². The Hall–Kier alpha value is -3.37. The lowest BCUT2D eigenvalue weighted by Crippen LogP contribution is -2.03. The Kier molecular flexibility index (Phi) is 8.74. The number of hydrogen-bond acceptors (Lipinski definition) is 4. The molecule has 0 aliphatic rings. The zero-order valence-electron chi connectivity index (χ0n) is 20.0. The number of fused-ring (bicyclic) bond motifs is 3. The summed E-state index contributed by atoms with van der Waals surface area (Å²) in [5.74, 6) is 1.54. The zero-order valence-corrected chi connectivity index (χ0v) is 20.8. The monoisotopic (exact) mass is 486 g/mol. The van der Waals surface area contributed by atoms with E-state index < -0.39 is 0 Å². The minimum absolute atomic E-state index is 0.448. The lowest BCUT2D eigenvalue weighted by molar-refractivity contribution is 0.294. The molecule has 2 heterocycles. The van der Waals surface area contributed by atoms with Crippen molar-refractivity contribution in [1.82, 2.24) is 9.97 Å².